The van der Waals surface area contributed by atoms with E-state index < -0.39 is 0 Å². The highest BCUT2D eigenvalue weighted by molar-refractivity contribution is 5.79. The third-order valence-corrected chi connectivity index (χ3v) is 3.78. The number of hydrogen-bond acceptors (Lipinski definition) is 4. The number of aromatic nitrogens is 1. The summed E-state index contributed by atoms with van der Waals surface area (Å²) in [5.41, 5.74) is 7.40. The predicted octanol–water partition coefficient (Wildman–Crippen LogP) is 0.156. The molecule has 0 unspecified atom stereocenters. The van der Waals surface area contributed by atoms with E-state index in [4.69, 9.17) is 5.73 Å². The number of rotatable bonds is 3. The van der Waals surface area contributed by atoms with Gasteiger partial charge in [-0.05, 0) is 19.1 Å². The first-order valence-corrected chi connectivity index (χ1v) is 7.15. The number of aryl methyl sites for hydroxylation is 1. The highest BCUT2D eigenvalue weighted by atomic mass is 16.2. The molecule has 114 valence electrons. The summed E-state index contributed by atoms with van der Waals surface area (Å²) >= 11 is 0. The first kappa shape index (κ1) is 15.4. The van der Waals surface area contributed by atoms with Crippen molar-refractivity contribution in [3.05, 3.63) is 29.6 Å². The number of hydrogen-bond donors (Lipinski definition) is 1. The average molecular weight is 290 g/mol. The van der Waals surface area contributed by atoms with E-state index in [1.807, 2.05) is 25.1 Å². The fraction of sp³-hybridized carbons (Fsp3) is 0.533. The van der Waals surface area contributed by atoms with E-state index in [1.54, 1.807) is 4.90 Å². The van der Waals surface area contributed by atoms with Crippen LogP contribution in [0.3, 0.4) is 0 Å². The van der Waals surface area contributed by atoms with Crippen LogP contribution >= 0.6 is 0 Å². The zero-order valence-electron chi connectivity index (χ0n) is 12.6. The van der Waals surface area contributed by atoms with Crippen molar-refractivity contribution in [1.29, 1.82) is 0 Å². The summed E-state index contributed by atoms with van der Waals surface area (Å²) in [7, 11) is 0. The SMILES string of the molecule is CC(=O)N1CCN(Cc2cccc(C)n2)C[C@H](C(N)=O)C1. The Hall–Kier alpha value is -1.95. The average Bonchev–Trinajstić information content (AvgIpc) is 2.61. The predicted molar refractivity (Wildman–Crippen MR) is 79.2 cm³/mol. The van der Waals surface area contributed by atoms with Crippen LogP contribution in [0, 0.1) is 12.8 Å². The minimum absolute atomic E-state index is 0.0169. The second-order valence-corrected chi connectivity index (χ2v) is 5.57. The van der Waals surface area contributed by atoms with Gasteiger partial charge in [0, 0.05) is 45.3 Å². The van der Waals surface area contributed by atoms with Gasteiger partial charge < -0.3 is 10.6 Å². The van der Waals surface area contributed by atoms with Crippen molar-refractivity contribution in [2.45, 2.75) is 20.4 Å². The zero-order chi connectivity index (χ0) is 15.4. The van der Waals surface area contributed by atoms with E-state index in [1.165, 1.54) is 6.92 Å². The van der Waals surface area contributed by atoms with Crippen molar-refractivity contribution >= 4 is 11.8 Å². The molecule has 6 heteroatoms. The molecule has 1 atom stereocenters. The maximum Gasteiger partial charge on any atom is 0.223 e. The molecule has 1 aliphatic rings. The van der Waals surface area contributed by atoms with Crippen LogP contribution in [0.25, 0.3) is 0 Å². The minimum atomic E-state index is -0.356. The first-order valence-electron chi connectivity index (χ1n) is 7.15. The Balaban J connectivity index is 2.09. The molecule has 0 radical (unpaired) electrons. The lowest BCUT2D eigenvalue weighted by Crippen LogP contribution is -2.39. The van der Waals surface area contributed by atoms with Crippen LogP contribution in [0.4, 0.5) is 0 Å². The smallest absolute Gasteiger partial charge is 0.223 e. The summed E-state index contributed by atoms with van der Waals surface area (Å²) in [5.74, 6) is -0.705. The Morgan fingerprint density at radius 3 is 2.71 bits per heavy atom. The van der Waals surface area contributed by atoms with E-state index in [0.717, 1.165) is 17.9 Å². The van der Waals surface area contributed by atoms with Gasteiger partial charge in [0.15, 0.2) is 0 Å². The Morgan fingerprint density at radius 2 is 2.10 bits per heavy atom. The highest BCUT2D eigenvalue weighted by Gasteiger charge is 2.27. The lowest BCUT2D eigenvalue weighted by Gasteiger charge is -2.21. The molecule has 0 saturated carbocycles. The third-order valence-electron chi connectivity index (χ3n) is 3.78. The second-order valence-electron chi connectivity index (χ2n) is 5.57. The van der Waals surface area contributed by atoms with E-state index in [2.05, 4.69) is 9.88 Å². The summed E-state index contributed by atoms with van der Waals surface area (Å²) < 4.78 is 0. The van der Waals surface area contributed by atoms with Gasteiger partial charge in [-0.1, -0.05) is 6.07 Å². The van der Waals surface area contributed by atoms with Gasteiger partial charge in [0.2, 0.25) is 11.8 Å². The minimum Gasteiger partial charge on any atom is -0.369 e. The second kappa shape index (κ2) is 6.67. The molecule has 2 rings (SSSR count). The standard InChI is InChI=1S/C15H22N4O2/c1-11-4-3-5-14(17-11)10-18-6-7-19(12(2)20)9-13(8-18)15(16)21/h3-5,13H,6-10H2,1-2H3,(H2,16,21)/t13-/m0/s1. The van der Waals surface area contributed by atoms with Crippen molar-refractivity contribution in [3.8, 4) is 0 Å². The summed E-state index contributed by atoms with van der Waals surface area (Å²) in [5, 5.41) is 0. The van der Waals surface area contributed by atoms with E-state index in [-0.39, 0.29) is 17.7 Å². The zero-order valence-corrected chi connectivity index (χ0v) is 12.6. The molecule has 1 saturated heterocycles. The van der Waals surface area contributed by atoms with Crippen molar-refractivity contribution < 1.29 is 9.59 Å². The summed E-state index contributed by atoms with van der Waals surface area (Å²) in [6.45, 7) is 6.45. The fourth-order valence-electron chi connectivity index (χ4n) is 2.61. The molecule has 2 N–H and O–H groups in total. The largest absolute Gasteiger partial charge is 0.369 e. The maximum absolute atomic E-state index is 11.6. The van der Waals surface area contributed by atoms with Gasteiger partial charge in [0.25, 0.3) is 0 Å². The fourth-order valence-corrected chi connectivity index (χ4v) is 2.61. The van der Waals surface area contributed by atoms with Gasteiger partial charge in [0.1, 0.15) is 0 Å². The monoisotopic (exact) mass is 290 g/mol. The van der Waals surface area contributed by atoms with Gasteiger partial charge in [-0.25, -0.2) is 0 Å². The van der Waals surface area contributed by atoms with Gasteiger partial charge in [0.05, 0.1) is 11.6 Å². The Labute approximate surface area is 124 Å². The molecule has 0 bridgehead atoms. The molecule has 0 aromatic carbocycles. The number of amides is 2. The molecule has 0 spiro atoms. The molecule has 6 nitrogen and oxygen atoms in total. The molecule has 1 aromatic rings. The van der Waals surface area contributed by atoms with Crippen molar-refractivity contribution in [2.75, 3.05) is 26.2 Å². The number of nitrogens with zero attached hydrogens (tertiary/aromatic N) is 3. The van der Waals surface area contributed by atoms with Crippen LogP contribution in [0.2, 0.25) is 0 Å². The summed E-state index contributed by atoms with van der Waals surface area (Å²) in [4.78, 5) is 31.5. The molecule has 0 aliphatic carbocycles. The van der Waals surface area contributed by atoms with Crippen LogP contribution in [-0.2, 0) is 16.1 Å². The first-order chi connectivity index (χ1) is 9.95. The molecule has 1 aromatic heterocycles. The van der Waals surface area contributed by atoms with Crippen LogP contribution < -0.4 is 5.73 Å². The van der Waals surface area contributed by atoms with Gasteiger partial charge in [-0.15, -0.1) is 0 Å². The molecular weight excluding hydrogens is 268 g/mol. The quantitative estimate of drug-likeness (QED) is 0.860. The van der Waals surface area contributed by atoms with Crippen molar-refractivity contribution in [2.24, 2.45) is 11.7 Å². The van der Waals surface area contributed by atoms with Crippen LogP contribution in [0.1, 0.15) is 18.3 Å². The number of carbonyl (C=O) groups excluding carboxylic acids is 2. The Bertz CT molecular complexity index is 532. The Morgan fingerprint density at radius 1 is 1.33 bits per heavy atom. The van der Waals surface area contributed by atoms with E-state index >= 15 is 0 Å². The molecule has 2 amide bonds. The molecule has 21 heavy (non-hydrogen) atoms. The lowest BCUT2D eigenvalue weighted by atomic mass is 10.1. The number of nitrogens with two attached hydrogens (primary N) is 1. The topological polar surface area (TPSA) is 79.5 Å². The van der Waals surface area contributed by atoms with Gasteiger partial charge in [-0.2, -0.15) is 0 Å². The molecule has 1 fully saturated rings. The highest BCUT2D eigenvalue weighted by Crippen LogP contribution is 2.12. The normalized spacial score (nSPS) is 20.1. The number of pyridine rings is 1. The maximum atomic E-state index is 11.6. The molecule has 1 aliphatic heterocycles. The van der Waals surface area contributed by atoms with Gasteiger partial charge >= 0.3 is 0 Å². The van der Waals surface area contributed by atoms with E-state index in [9.17, 15) is 9.59 Å². The van der Waals surface area contributed by atoms with Crippen LogP contribution in [-0.4, -0.2) is 52.8 Å². The number of carbonyl (C=O) groups is 2. The van der Waals surface area contributed by atoms with Crippen LogP contribution in [0.5, 0.6) is 0 Å². The Kier molecular flexibility index (Phi) is 4.90. The van der Waals surface area contributed by atoms with Crippen LogP contribution in [0.15, 0.2) is 18.2 Å². The van der Waals surface area contributed by atoms with Crippen molar-refractivity contribution in [3.63, 3.8) is 0 Å². The molecular formula is C15H22N4O2. The van der Waals surface area contributed by atoms with Gasteiger partial charge in [-0.3, -0.25) is 19.5 Å². The third kappa shape index (κ3) is 4.26. The molecule has 2 heterocycles. The van der Waals surface area contributed by atoms with Crippen molar-refractivity contribution in [1.82, 2.24) is 14.8 Å². The summed E-state index contributed by atoms with van der Waals surface area (Å²) in [6.07, 6.45) is 0. The van der Waals surface area contributed by atoms with E-state index in [0.29, 0.717) is 26.2 Å². The number of primary amides is 1. The lowest BCUT2D eigenvalue weighted by molar-refractivity contribution is -0.130. The summed E-state index contributed by atoms with van der Waals surface area (Å²) in [6, 6.07) is 5.90.